The molecule has 0 bridgehead atoms. The Morgan fingerprint density at radius 2 is 2.23 bits per heavy atom. The fourth-order valence-corrected chi connectivity index (χ4v) is 1.12. The van der Waals surface area contributed by atoms with Crippen molar-refractivity contribution in [3.8, 4) is 0 Å². The van der Waals surface area contributed by atoms with E-state index in [1.807, 2.05) is 18.2 Å². The van der Waals surface area contributed by atoms with Gasteiger partial charge in [0.2, 0.25) is 0 Å². The number of benzene rings is 1. The Morgan fingerprint density at radius 3 is 2.69 bits per heavy atom. The molecule has 0 heterocycles. The van der Waals surface area contributed by atoms with Crippen LogP contribution in [-0.2, 0) is 32.7 Å². The summed E-state index contributed by atoms with van der Waals surface area (Å²) in [5.41, 5.74) is 7.07. The van der Waals surface area contributed by atoms with Crippen LogP contribution < -0.4 is 5.73 Å². The molecule has 0 fully saturated rings. The number of hydrogen-bond donors (Lipinski definition) is 1. The fourth-order valence-electron chi connectivity index (χ4n) is 1.12. The normalized spacial score (nSPS) is 10.9. The molecule has 0 aliphatic carbocycles. The Morgan fingerprint density at radius 1 is 1.54 bits per heavy atom. The molecule has 0 amide bonds. The van der Waals surface area contributed by atoms with E-state index in [2.05, 4.69) is 19.1 Å². The molecule has 1 radical (unpaired) electrons. The van der Waals surface area contributed by atoms with Gasteiger partial charge in [-0.3, -0.25) is 0 Å². The topological polar surface area (TPSA) is 26.0 Å². The molecule has 2 heteroatoms. The SMILES string of the molecule is CCC[C@@H](N)c1c[c-]ccc1.[CH3-].[Y]. The van der Waals surface area contributed by atoms with Gasteiger partial charge < -0.3 is 13.2 Å². The standard InChI is InChI=1S/C10H14N.CH3.Y/c1-2-6-10(11)9-7-4-3-5-8-9;;/h3-4,7-8,10H,2,6,11H2,1H3;1H3;/q2*-1;/t10-;;/m1../s1. The minimum atomic E-state index is 0. The molecule has 0 aliphatic heterocycles. The van der Waals surface area contributed by atoms with Gasteiger partial charge in [0.15, 0.2) is 0 Å². The minimum absolute atomic E-state index is 0. The summed E-state index contributed by atoms with van der Waals surface area (Å²) in [6.45, 7) is 2.15. The summed E-state index contributed by atoms with van der Waals surface area (Å²) in [7, 11) is 0. The van der Waals surface area contributed by atoms with E-state index < -0.39 is 0 Å². The van der Waals surface area contributed by atoms with Crippen molar-refractivity contribution in [2.24, 2.45) is 5.73 Å². The quantitative estimate of drug-likeness (QED) is 0.822. The predicted molar refractivity (Wildman–Crippen MR) is 53.5 cm³/mol. The van der Waals surface area contributed by atoms with Gasteiger partial charge in [-0.05, 0) is 12.5 Å². The molecule has 1 rings (SSSR count). The summed E-state index contributed by atoms with van der Waals surface area (Å²) in [6, 6.07) is 11.1. The van der Waals surface area contributed by atoms with Crippen LogP contribution in [0.1, 0.15) is 31.4 Å². The van der Waals surface area contributed by atoms with Gasteiger partial charge in [0.25, 0.3) is 0 Å². The van der Waals surface area contributed by atoms with Crippen molar-refractivity contribution < 1.29 is 32.7 Å². The third-order valence-electron chi connectivity index (χ3n) is 1.76. The molecule has 0 spiro atoms. The summed E-state index contributed by atoms with van der Waals surface area (Å²) in [5, 5.41) is 0. The van der Waals surface area contributed by atoms with E-state index in [-0.39, 0.29) is 46.2 Å². The number of rotatable bonds is 3. The summed E-state index contributed by atoms with van der Waals surface area (Å²) in [6.07, 6.45) is 2.19. The summed E-state index contributed by atoms with van der Waals surface area (Å²) >= 11 is 0. The van der Waals surface area contributed by atoms with Crippen LogP contribution in [0.3, 0.4) is 0 Å². The van der Waals surface area contributed by atoms with Gasteiger partial charge in [-0.25, -0.2) is 0 Å². The van der Waals surface area contributed by atoms with Gasteiger partial charge in [-0.2, -0.15) is 30.3 Å². The van der Waals surface area contributed by atoms with Crippen LogP contribution in [-0.4, -0.2) is 0 Å². The van der Waals surface area contributed by atoms with Crippen LogP contribution in [0.15, 0.2) is 24.3 Å². The molecule has 1 aromatic rings. The zero-order valence-electron chi connectivity index (χ0n) is 8.46. The van der Waals surface area contributed by atoms with Crippen LogP contribution in [0.25, 0.3) is 0 Å². The van der Waals surface area contributed by atoms with E-state index in [1.54, 1.807) is 0 Å². The van der Waals surface area contributed by atoms with E-state index in [4.69, 9.17) is 5.73 Å². The van der Waals surface area contributed by atoms with Crippen LogP contribution in [0.5, 0.6) is 0 Å². The van der Waals surface area contributed by atoms with Crippen molar-refractivity contribution in [3.05, 3.63) is 43.3 Å². The molecule has 13 heavy (non-hydrogen) atoms. The van der Waals surface area contributed by atoms with Gasteiger partial charge in [-0.1, -0.05) is 13.3 Å². The number of nitrogens with two attached hydrogens (primary N) is 1. The van der Waals surface area contributed by atoms with E-state index in [9.17, 15) is 0 Å². The second kappa shape index (κ2) is 8.86. The van der Waals surface area contributed by atoms with E-state index in [0.29, 0.717) is 0 Å². The van der Waals surface area contributed by atoms with Gasteiger partial charge in [0, 0.05) is 32.7 Å². The maximum Gasteiger partial charge on any atom is 0 e. The smallest absolute Gasteiger partial charge is 0 e. The first-order valence-electron chi connectivity index (χ1n) is 4.06. The molecule has 0 saturated carbocycles. The third-order valence-corrected chi connectivity index (χ3v) is 1.76. The Kier molecular flexibility index (Phi) is 10.7. The van der Waals surface area contributed by atoms with Crippen molar-refractivity contribution in [2.45, 2.75) is 25.8 Å². The number of hydrogen-bond acceptors (Lipinski definition) is 1. The van der Waals surface area contributed by atoms with Gasteiger partial charge >= 0.3 is 0 Å². The largest absolute Gasteiger partial charge is 0.358 e. The Balaban J connectivity index is 0. The molecule has 1 nitrogen and oxygen atoms in total. The first-order valence-corrected chi connectivity index (χ1v) is 4.06. The zero-order valence-corrected chi connectivity index (χ0v) is 11.3. The first-order chi connectivity index (χ1) is 5.34. The Labute approximate surface area is 107 Å². The molecule has 2 N–H and O–H groups in total. The summed E-state index contributed by atoms with van der Waals surface area (Å²) in [4.78, 5) is 0. The summed E-state index contributed by atoms with van der Waals surface area (Å²) < 4.78 is 0. The van der Waals surface area contributed by atoms with E-state index >= 15 is 0 Å². The Bertz CT molecular complexity index is 199. The second-order valence-electron chi connectivity index (χ2n) is 2.73. The maximum absolute atomic E-state index is 5.89. The van der Waals surface area contributed by atoms with Crippen LogP contribution in [0, 0.1) is 13.5 Å². The molecule has 71 valence electrons. The van der Waals surface area contributed by atoms with Crippen LogP contribution in [0.2, 0.25) is 0 Å². The molecular formula is C11H17NY-2. The molecule has 0 saturated heterocycles. The monoisotopic (exact) mass is 252 g/mol. The average Bonchev–Trinajstić information content (AvgIpc) is 2.07. The van der Waals surface area contributed by atoms with E-state index in [0.717, 1.165) is 12.8 Å². The molecule has 1 aromatic carbocycles. The molecule has 1 atom stereocenters. The van der Waals surface area contributed by atoms with Gasteiger partial charge in [-0.15, -0.1) is 5.56 Å². The molecule has 0 aromatic heterocycles. The maximum atomic E-state index is 5.89. The summed E-state index contributed by atoms with van der Waals surface area (Å²) in [5.74, 6) is 0. The Hall–Kier alpha value is 0.284. The third kappa shape index (κ3) is 5.56. The van der Waals surface area contributed by atoms with Crippen LogP contribution >= 0.6 is 0 Å². The van der Waals surface area contributed by atoms with E-state index in [1.165, 1.54) is 5.56 Å². The zero-order chi connectivity index (χ0) is 8.10. The molecular weight excluding hydrogens is 235 g/mol. The molecule has 0 unspecified atom stereocenters. The predicted octanol–water partition coefficient (Wildman–Crippen LogP) is 2.73. The van der Waals surface area contributed by atoms with Crippen molar-refractivity contribution in [1.29, 1.82) is 0 Å². The van der Waals surface area contributed by atoms with Crippen molar-refractivity contribution >= 4 is 0 Å². The van der Waals surface area contributed by atoms with Crippen molar-refractivity contribution in [2.75, 3.05) is 0 Å². The van der Waals surface area contributed by atoms with Crippen molar-refractivity contribution in [3.63, 3.8) is 0 Å². The van der Waals surface area contributed by atoms with Crippen LogP contribution in [0.4, 0.5) is 0 Å². The average molecular weight is 252 g/mol. The minimum Gasteiger partial charge on any atom is -0.358 e. The van der Waals surface area contributed by atoms with Gasteiger partial charge in [0.1, 0.15) is 0 Å². The first kappa shape index (κ1) is 15.7. The molecule has 0 aliphatic rings. The second-order valence-corrected chi connectivity index (χ2v) is 2.73. The van der Waals surface area contributed by atoms with Crippen molar-refractivity contribution in [1.82, 2.24) is 0 Å². The van der Waals surface area contributed by atoms with Gasteiger partial charge in [0.05, 0.1) is 0 Å². The fraction of sp³-hybridized carbons (Fsp3) is 0.364.